The van der Waals surface area contributed by atoms with E-state index in [9.17, 15) is 4.79 Å². The summed E-state index contributed by atoms with van der Waals surface area (Å²) in [5.41, 5.74) is 1.80. The number of carbonyl (C=O) groups is 1. The Hall–Kier alpha value is -1.42. The van der Waals surface area contributed by atoms with Gasteiger partial charge in [-0.05, 0) is 30.9 Å². The molecule has 1 aliphatic heterocycles. The average molecular weight is 235 g/mol. The minimum atomic E-state index is -0.241. The monoisotopic (exact) mass is 235 g/mol. The fourth-order valence-electron chi connectivity index (χ4n) is 2.07. The van der Waals surface area contributed by atoms with E-state index in [1.54, 1.807) is 6.20 Å². The lowest BCUT2D eigenvalue weighted by molar-refractivity contribution is -0.139. The quantitative estimate of drug-likeness (QED) is 0.752. The van der Waals surface area contributed by atoms with Crippen molar-refractivity contribution in [3.8, 4) is 0 Å². The number of esters is 1. The van der Waals surface area contributed by atoms with Crippen molar-refractivity contribution >= 4 is 5.97 Å². The topological polar surface area (TPSA) is 48.4 Å². The van der Waals surface area contributed by atoms with Gasteiger partial charge in [-0.25, -0.2) is 0 Å². The number of rotatable bonds is 3. The maximum atomic E-state index is 11.3. The first-order chi connectivity index (χ1) is 8.31. The Morgan fingerprint density at radius 2 is 2.47 bits per heavy atom. The molecule has 1 saturated heterocycles. The number of pyridine rings is 1. The Labute approximate surface area is 101 Å². The van der Waals surface area contributed by atoms with Gasteiger partial charge in [0.25, 0.3) is 0 Å². The van der Waals surface area contributed by atoms with Crippen LogP contribution in [-0.4, -0.2) is 24.7 Å². The Kier molecular flexibility index (Phi) is 4.09. The summed E-state index contributed by atoms with van der Waals surface area (Å²) in [5.74, 6) is -0.241. The summed E-state index contributed by atoms with van der Waals surface area (Å²) in [4.78, 5) is 15.7. The molecule has 1 aliphatic rings. The fraction of sp³-hybridized carbons (Fsp3) is 0.538. The van der Waals surface area contributed by atoms with E-state index in [2.05, 4.69) is 9.72 Å². The van der Waals surface area contributed by atoms with Crippen LogP contribution in [0.5, 0.6) is 0 Å². The SMILES string of the molecule is COC(=O)Cc1cccnc1C1CCCCO1. The van der Waals surface area contributed by atoms with Gasteiger partial charge in [0.05, 0.1) is 25.3 Å². The lowest BCUT2D eigenvalue weighted by Crippen LogP contribution is -2.16. The molecule has 1 atom stereocenters. The van der Waals surface area contributed by atoms with Crippen LogP contribution in [0, 0.1) is 0 Å². The van der Waals surface area contributed by atoms with Crippen LogP contribution in [-0.2, 0) is 20.7 Å². The van der Waals surface area contributed by atoms with Gasteiger partial charge in [0.1, 0.15) is 0 Å². The van der Waals surface area contributed by atoms with Crippen molar-refractivity contribution in [2.24, 2.45) is 0 Å². The van der Waals surface area contributed by atoms with Gasteiger partial charge >= 0.3 is 5.97 Å². The molecule has 2 heterocycles. The second-order valence-electron chi connectivity index (χ2n) is 4.16. The number of hydrogen-bond acceptors (Lipinski definition) is 4. The third-order valence-corrected chi connectivity index (χ3v) is 2.97. The highest BCUT2D eigenvalue weighted by Crippen LogP contribution is 2.28. The molecule has 92 valence electrons. The molecule has 1 unspecified atom stereocenters. The van der Waals surface area contributed by atoms with Crippen LogP contribution in [0.2, 0.25) is 0 Å². The molecule has 0 bridgehead atoms. The maximum absolute atomic E-state index is 11.3. The van der Waals surface area contributed by atoms with Gasteiger partial charge in [-0.1, -0.05) is 6.07 Å². The average Bonchev–Trinajstić information content (AvgIpc) is 2.40. The number of carbonyl (C=O) groups excluding carboxylic acids is 1. The molecule has 0 radical (unpaired) electrons. The highest BCUT2D eigenvalue weighted by molar-refractivity contribution is 5.72. The highest BCUT2D eigenvalue weighted by Gasteiger charge is 2.21. The van der Waals surface area contributed by atoms with Gasteiger partial charge in [-0.15, -0.1) is 0 Å². The molecule has 4 heteroatoms. The Morgan fingerprint density at radius 3 is 3.18 bits per heavy atom. The Morgan fingerprint density at radius 1 is 1.59 bits per heavy atom. The summed E-state index contributed by atoms with van der Waals surface area (Å²) in [6, 6.07) is 3.75. The number of aromatic nitrogens is 1. The first-order valence-electron chi connectivity index (χ1n) is 5.93. The van der Waals surface area contributed by atoms with Gasteiger partial charge in [0.2, 0.25) is 0 Å². The molecule has 0 N–H and O–H groups in total. The van der Waals surface area contributed by atoms with E-state index < -0.39 is 0 Å². The van der Waals surface area contributed by atoms with E-state index in [-0.39, 0.29) is 18.5 Å². The van der Waals surface area contributed by atoms with Crippen molar-refractivity contribution in [1.82, 2.24) is 4.98 Å². The van der Waals surface area contributed by atoms with Crippen LogP contribution >= 0.6 is 0 Å². The molecule has 2 rings (SSSR count). The summed E-state index contributed by atoms with van der Waals surface area (Å²) in [6.07, 6.45) is 5.28. The summed E-state index contributed by atoms with van der Waals surface area (Å²) >= 11 is 0. The third-order valence-electron chi connectivity index (χ3n) is 2.97. The van der Waals surface area contributed by atoms with Crippen LogP contribution in [0.15, 0.2) is 18.3 Å². The predicted octanol–water partition coefficient (Wildman–Crippen LogP) is 2.04. The first kappa shape index (κ1) is 12.0. The van der Waals surface area contributed by atoms with E-state index in [1.807, 2.05) is 12.1 Å². The van der Waals surface area contributed by atoms with E-state index in [4.69, 9.17) is 4.74 Å². The minimum Gasteiger partial charge on any atom is -0.469 e. The fourth-order valence-corrected chi connectivity index (χ4v) is 2.07. The Bertz CT molecular complexity index is 386. The second-order valence-corrected chi connectivity index (χ2v) is 4.16. The second kappa shape index (κ2) is 5.77. The molecule has 17 heavy (non-hydrogen) atoms. The van der Waals surface area contributed by atoms with Gasteiger partial charge in [-0.3, -0.25) is 9.78 Å². The summed E-state index contributed by atoms with van der Waals surface area (Å²) in [7, 11) is 1.40. The van der Waals surface area contributed by atoms with Gasteiger partial charge in [0, 0.05) is 12.8 Å². The number of hydrogen-bond donors (Lipinski definition) is 0. The van der Waals surface area contributed by atoms with Crippen molar-refractivity contribution < 1.29 is 14.3 Å². The zero-order chi connectivity index (χ0) is 12.1. The normalized spacial score (nSPS) is 19.9. The molecule has 0 aliphatic carbocycles. The van der Waals surface area contributed by atoms with Crippen molar-refractivity contribution in [1.29, 1.82) is 0 Å². The number of methoxy groups -OCH3 is 1. The Balaban J connectivity index is 2.17. The van der Waals surface area contributed by atoms with E-state index in [1.165, 1.54) is 7.11 Å². The van der Waals surface area contributed by atoms with E-state index in [0.29, 0.717) is 0 Å². The molecule has 1 fully saturated rings. The van der Waals surface area contributed by atoms with Crippen molar-refractivity contribution in [2.45, 2.75) is 31.8 Å². The van der Waals surface area contributed by atoms with Gasteiger partial charge in [-0.2, -0.15) is 0 Å². The summed E-state index contributed by atoms with van der Waals surface area (Å²) in [6.45, 7) is 0.777. The zero-order valence-electron chi connectivity index (χ0n) is 10.0. The van der Waals surface area contributed by atoms with E-state index >= 15 is 0 Å². The third kappa shape index (κ3) is 3.03. The molecule has 4 nitrogen and oxygen atoms in total. The zero-order valence-corrected chi connectivity index (χ0v) is 10.0. The molecular formula is C13H17NO3. The van der Waals surface area contributed by atoms with Crippen molar-refractivity contribution in [2.75, 3.05) is 13.7 Å². The highest BCUT2D eigenvalue weighted by atomic mass is 16.5. The van der Waals surface area contributed by atoms with E-state index in [0.717, 1.165) is 37.1 Å². The minimum absolute atomic E-state index is 0.0320. The van der Waals surface area contributed by atoms with Crippen molar-refractivity contribution in [3.05, 3.63) is 29.6 Å². The molecule has 1 aromatic rings. The van der Waals surface area contributed by atoms with Crippen LogP contribution in [0.25, 0.3) is 0 Å². The predicted molar refractivity (Wildman–Crippen MR) is 62.5 cm³/mol. The van der Waals surface area contributed by atoms with Crippen LogP contribution < -0.4 is 0 Å². The van der Waals surface area contributed by atoms with Crippen molar-refractivity contribution in [3.63, 3.8) is 0 Å². The standard InChI is InChI=1S/C13H17NO3/c1-16-12(15)9-10-5-4-7-14-13(10)11-6-2-3-8-17-11/h4-5,7,11H,2-3,6,8-9H2,1H3. The number of nitrogens with zero attached hydrogens (tertiary/aromatic N) is 1. The maximum Gasteiger partial charge on any atom is 0.310 e. The lowest BCUT2D eigenvalue weighted by Gasteiger charge is -2.23. The van der Waals surface area contributed by atoms with Gasteiger partial charge in [0.15, 0.2) is 0 Å². The molecule has 1 aromatic heterocycles. The summed E-state index contributed by atoms with van der Waals surface area (Å²) in [5, 5.41) is 0. The first-order valence-corrected chi connectivity index (χ1v) is 5.93. The van der Waals surface area contributed by atoms with Crippen LogP contribution in [0.4, 0.5) is 0 Å². The largest absolute Gasteiger partial charge is 0.469 e. The molecule has 0 saturated carbocycles. The summed E-state index contributed by atoms with van der Waals surface area (Å²) < 4.78 is 10.4. The van der Waals surface area contributed by atoms with Crippen LogP contribution in [0.1, 0.15) is 36.6 Å². The smallest absolute Gasteiger partial charge is 0.310 e. The number of ether oxygens (including phenoxy) is 2. The lowest BCUT2D eigenvalue weighted by atomic mass is 10.0. The molecule has 0 spiro atoms. The molecule has 0 amide bonds. The van der Waals surface area contributed by atoms with Crippen LogP contribution in [0.3, 0.4) is 0 Å². The van der Waals surface area contributed by atoms with Gasteiger partial charge < -0.3 is 9.47 Å². The molecule has 0 aromatic carbocycles. The molecular weight excluding hydrogens is 218 g/mol.